The van der Waals surface area contributed by atoms with Gasteiger partial charge in [-0.2, -0.15) is 0 Å². The Labute approximate surface area is 95.5 Å². The van der Waals surface area contributed by atoms with Crippen molar-refractivity contribution in [3.05, 3.63) is 22.3 Å². The minimum Gasteiger partial charge on any atom is -0.0651 e. The number of hydrogen-bond donors (Lipinski definition) is 0. The van der Waals surface area contributed by atoms with E-state index in [-0.39, 0.29) is 0 Å². The molecule has 0 atom stereocenters. The highest BCUT2D eigenvalue weighted by molar-refractivity contribution is 5.47. The van der Waals surface area contributed by atoms with Crippen molar-refractivity contribution < 1.29 is 0 Å². The Morgan fingerprint density at radius 1 is 0.733 bits per heavy atom. The van der Waals surface area contributed by atoms with Crippen LogP contribution in [0.25, 0.3) is 0 Å². The molecular formula is C15H26. The lowest BCUT2D eigenvalue weighted by atomic mass is 9.96. The molecule has 0 aromatic carbocycles. The van der Waals surface area contributed by atoms with Crippen molar-refractivity contribution >= 4 is 0 Å². The van der Waals surface area contributed by atoms with Crippen LogP contribution in [0, 0.1) is 0 Å². The Kier molecular flexibility index (Phi) is 5.14. The first-order valence-electron chi connectivity index (χ1n) is 6.70. The first-order chi connectivity index (χ1) is 7.28. The van der Waals surface area contributed by atoms with E-state index in [0.717, 1.165) is 0 Å². The van der Waals surface area contributed by atoms with Crippen molar-refractivity contribution in [2.45, 2.75) is 72.6 Å². The lowest BCUT2D eigenvalue weighted by Crippen LogP contribution is -1.90. The Morgan fingerprint density at radius 2 is 1.13 bits per heavy atom. The number of hydrogen-bond acceptors (Lipinski definition) is 0. The summed E-state index contributed by atoms with van der Waals surface area (Å²) >= 11 is 0. The zero-order valence-corrected chi connectivity index (χ0v) is 10.9. The molecule has 0 unspecified atom stereocenters. The summed E-state index contributed by atoms with van der Waals surface area (Å²) in [5, 5.41) is 0. The second-order valence-corrected chi connectivity index (χ2v) is 4.55. The van der Waals surface area contributed by atoms with Gasteiger partial charge in [0, 0.05) is 0 Å². The molecule has 0 aromatic rings. The Hall–Kier alpha value is -0.520. The molecule has 0 radical (unpaired) electrons. The fourth-order valence-corrected chi connectivity index (χ4v) is 2.73. The molecule has 1 rings (SSSR count). The van der Waals surface area contributed by atoms with Crippen LogP contribution in [0.2, 0.25) is 0 Å². The first-order valence-corrected chi connectivity index (χ1v) is 6.70. The summed E-state index contributed by atoms with van der Waals surface area (Å²) in [5.74, 6) is 0. The highest BCUT2D eigenvalue weighted by Gasteiger charge is 2.20. The van der Waals surface area contributed by atoms with E-state index in [9.17, 15) is 0 Å². The smallest absolute Gasteiger partial charge is 0.00968 e. The van der Waals surface area contributed by atoms with Gasteiger partial charge in [-0.25, -0.2) is 0 Å². The van der Waals surface area contributed by atoms with Gasteiger partial charge >= 0.3 is 0 Å². The molecule has 0 saturated heterocycles. The van der Waals surface area contributed by atoms with Crippen molar-refractivity contribution in [1.29, 1.82) is 0 Å². The van der Waals surface area contributed by atoms with Crippen LogP contribution >= 0.6 is 0 Å². The predicted molar refractivity (Wildman–Crippen MR) is 69.1 cm³/mol. The highest BCUT2D eigenvalue weighted by atomic mass is 14.3. The zero-order chi connectivity index (χ0) is 11.3. The second kappa shape index (κ2) is 6.15. The SMILES string of the molecule is CCCC1=C(CC)CC(CC)=C1CCC. The van der Waals surface area contributed by atoms with Gasteiger partial charge in [0.25, 0.3) is 0 Å². The largest absolute Gasteiger partial charge is 0.0651 e. The molecule has 0 saturated carbocycles. The fraction of sp³-hybridized carbons (Fsp3) is 0.733. The highest BCUT2D eigenvalue weighted by Crippen LogP contribution is 2.39. The summed E-state index contributed by atoms with van der Waals surface area (Å²) in [6, 6.07) is 0. The van der Waals surface area contributed by atoms with Crippen molar-refractivity contribution in [3.8, 4) is 0 Å². The van der Waals surface area contributed by atoms with E-state index in [1.54, 1.807) is 22.3 Å². The zero-order valence-electron chi connectivity index (χ0n) is 10.9. The minimum absolute atomic E-state index is 1.26. The molecule has 0 amide bonds. The molecule has 0 heterocycles. The molecule has 0 fully saturated rings. The van der Waals surface area contributed by atoms with Gasteiger partial charge in [-0.15, -0.1) is 0 Å². The number of rotatable bonds is 6. The van der Waals surface area contributed by atoms with E-state index in [1.165, 1.54) is 44.9 Å². The molecule has 86 valence electrons. The summed E-state index contributed by atoms with van der Waals surface area (Å²) in [7, 11) is 0. The van der Waals surface area contributed by atoms with Crippen LogP contribution in [0.4, 0.5) is 0 Å². The Morgan fingerprint density at radius 3 is 1.40 bits per heavy atom. The first kappa shape index (κ1) is 12.5. The third kappa shape index (κ3) is 2.74. The maximum atomic E-state index is 2.31. The summed E-state index contributed by atoms with van der Waals surface area (Å²) in [4.78, 5) is 0. The third-order valence-corrected chi connectivity index (χ3v) is 3.50. The van der Waals surface area contributed by atoms with Crippen molar-refractivity contribution in [2.24, 2.45) is 0 Å². The van der Waals surface area contributed by atoms with Crippen molar-refractivity contribution in [2.75, 3.05) is 0 Å². The molecule has 0 aliphatic heterocycles. The van der Waals surface area contributed by atoms with E-state index < -0.39 is 0 Å². The van der Waals surface area contributed by atoms with Crippen LogP contribution in [-0.2, 0) is 0 Å². The molecule has 0 spiro atoms. The Bertz CT molecular complexity index is 238. The fourth-order valence-electron chi connectivity index (χ4n) is 2.73. The third-order valence-electron chi connectivity index (χ3n) is 3.50. The van der Waals surface area contributed by atoms with Crippen LogP contribution in [0.5, 0.6) is 0 Å². The van der Waals surface area contributed by atoms with Gasteiger partial charge in [0.15, 0.2) is 0 Å². The van der Waals surface area contributed by atoms with Crippen LogP contribution in [0.3, 0.4) is 0 Å². The molecule has 1 aliphatic carbocycles. The molecular weight excluding hydrogens is 180 g/mol. The van der Waals surface area contributed by atoms with Crippen LogP contribution in [0.15, 0.2) is 22.3 Å². The van der Waals surface area contributed by atoms with Gasteiger partial charge in [0.05, 0.1) is 0 Å². The van der Waals surface area contributed by atoms with Crippen LogP contribution in [-0.4, -0.2) is 0 Å². The average molecular weight is 206 g/mol. The second-order valence-electron chi connectivity index (χ2n) is 4.55. The lowest BCUT2D eigenvalue weighted by molar-refractivity contribution is 0.840. The van der Waals surface area contributed by atoms with Gasteiger partial charge in [-0.05, 0) is 43.3 Å². The van der Waals surface area contributed by atoms with Gasteiger partial charge in [0.2, 0.25) is 0 Å². The van der Waals surface area contributed by atoms with E-state index in [2.05, 4.69) is 27.7 Å². The summed E-state index contributed by atoms with van der Waals surface area (Å²) in [6.45, 7) is 9.22. The molecule has 15 heavy (non-hydrogen) atoms. The van der Waals surface area contributed by atoms with Gasteiger partial charge < -0.3 is 0 Å². The quantitative estimate of drug-likeness (QED) is 0.545. The monoisotopic (exact) mass is 206 g/mol. The van der Waals surface area contributed by atoms with E-state index in [4.69, 9.17) is 0 Å². The van der Waals surface area contributed by atoms with Crippen LogP contribution < -0.4 is 0 Å². The lowest BCUT2D eigenvalue weighted by Gasteiger charge is -2.10. The molecule has 1 aliphatic rings. The van der Waals surface area contributed by atoms with E-state index in [0.29, 0.717) is 0 Å². The normalized spacial score (nSPS) is 16.8. The molecule has 0 bridgehead atoms. The maximum absolute atomic E-state index is 2.31. The number of allylic oxidation sites excluding steroid dienone is 4. The van der Waals surface area contributed by atoms with Gasteiger partial charge in [-0.1, -0.05) is 51.7 Å². The average Bonchev–Trinajstić information content (AvgIpc) is 2.58. The Balaban J connectivity index is 2.92. The molecule has 0 nitrogen and oxygen atoms in total. The van der Waals surface area contributed by atoms with Crippen molar-refractivity contribution in [1.82, 2.24) is 0 Å². The summed E-state index contributed by atoms with van der Waals surface area (Å²) < 4.78 is 0. The summed E-state index contributed by atoms with van der Waals surface area (Å²) in [6.07, 6.45) is 9.01. The molecule has 0 aromatic heterocycles. The standard InChI is InChI=1S/C15H26/c1-5-9-14-12(7-3)11-13(8-4)15(14)10-6-2/h5-11H2,1-4H3. The topological polar surface area (TPSA) is 0 Å². The molecule has 0 heteroatoms. The predicted octanol–water partition coefficient (Wildman–Crippen LogP) is 5.40. The minimum atomic E-state index is 1.26. The van der Waals surface area contributed by atoms with Crippen LogP contribution in [0.1, 0.15) is 72.6 Å². The van der Waals surface area contributed by atoms with Gasteiger partial charge in [-0.3, -0.25) is 0 Å². The van der Waals surface area contributed by atoms with Crippen molar-refractivity contribution in [3.63, 3.8) is 0 Å². The van der Waals surface area contributed by atoms with Gasteiger partial charge in [0.1, 0.15) is 0 Å². The maximum Gasteiger partial charge on any atom is -0.00968 e. The van der Waals surface area contributed by atoms with E-state index >= 15 is 0 Å². The summed E-state index contributed by atoms with van der Waals surface area (Å²) in [5.41, 5.74) is 6.94. The molecule has 0 N–H and O–H groups in total. The van der Waals surface area contributed by atoms with E-state index in [1.807, 2.05) is 0 Å².